The van der Waals surface area contributed by atoms with Crippen molar-refractivity contribution in [2.75, 3.05) is 0 Å². The predicted molar refractivity (Wildman–Crippen MR) is 79.4 cm³/mol. The van der Waals surface area contributed by atoms with E-state index in [0.29, 0.717) is 5.69 Å². The first-order chi connectivity index (χ1) is 11.3. The van der Waals surface area contributed by atoms with Crippen LogP contribution in [0.5, 0.6) is 0 Å². The average molecular weight is 337 g/mol. The first kappa shape index (κ1) is 16.0. The first-order valence-corrected chi connectivity index (χ1v) is 7.11. The van der Waals surface area contributed by atoms with Crippen molar-refractivity contribution in [3.8, 4) is 0 Å². The van der Waals surface area contributed by atoms with Gasteiger partial charge >= 0.3 is 6.18 Å². The highest BCUT2D eigenvalue weighted by molar-refractivity contribution is 5.92. The zero-order valence-corrected chi connectivity index (χ0v) is 12.9. The average Bonchev–Trinajstić information content (AvgIpc) is 3.06. The van der Waals surface area contributed by atoms with Gasteiger partial charge < -0.3 is 14.7 Å². The lowest BCUT2D eigenvalue weighted by Gasteiger charge is -2.06. The molecule has 126 valence electrons. The maximum Gasteiger partial charge on any atom is 0.419 e. The van der Waals surface area contributed by atoms with Gasteiger partial charge in [0, 0.05) is 18.1 Å². The number of aromatic amines is 1. The zero-order chi connectivity index (χ0) is 17.5. The molecule has 2 N–H and O–H groups in total. The maximum atomic E-state index is 13.0. The Bertz CT molecular complexity index is 910. The van der Waals surface area contributed by atoms with Gasteiger partial charge in [0.15, 0.2) is 0 Å². The van der Waals surface area contributed by atoms with Crippen molar-refractivity contribution >= 4 is 11.6 Å². The molecule has 0 saturated heterocycles. The molecule has 0 fully saturated rings. The topological polar surface area (TPSA) is 75.1 Å². The number of fused-ring (bicyclic) bond motifs is 1. The standard InChI is InChI=1S/C15H14F3N5O/c1-8-11(21-9(2)20-8)6-19-14(24)12-7-23-5-3-4-10(13(23)22-12)15(16,17)18/h3-5,7H,6H2,1-2H3,(H,19,24)(H,20,21). The third-order valence-electron chi connectivity index (χ3n) is 3.54. The number of halogens is 3. The van der Waals surface area contributed by atoms with Crippen molar-refractivity contribution in [2.45, 2.75) is 26.6 Å². The van der Waals surface area contributed by atoms with E-state index in [9.17, 15) is 18.0 Å². The number of imidazole rings is 2. The van der Waals surface area contributed by atoms with Gasteiger partial charge in [-0.2, -0.15) is 13.2 Å². The Kier molecular flexibility index (Phi) is 3.78. The quantitative estimate of drug-likeness (QED) is 0.771. The number of nitrogens with zero attached hydrogens (tertiary/aromatic N) is 3. The number of hydrogen-bond donors (Lipinski definition) is 2. The molecule has 0 bridgehead atoms. The van der Waals surface area contributed by atoms with Crippen LogP contribution in [0.15, 0.2) is 24.5 Å². The van der Waals surface area contributed by atoms with E-state index in [1.54, 1.807) is 6.92 Å². The SMILES string of the molecule is Cc1nc(CNC(=O)c2cn3cccc(C(F)(F)F)c3n2)c(C)[nH]1. The largest absolute Gasteiger partial charge is 0.419 e. The molecule has 0 atom stereocenters. The van der Waals surface area contributed by atoms with Crippen LogP contribution in [0.25, 0.3) is 5.65 Å². The molecule has 0 aliphatic carbocycles. The van der Waals surface area contributed by atoms with Crippen molar-refractivity contribution in [1.29, 1.82) is 0 Å². The van der Waals surface area contributed by atoms with Gasteiger partial charge in [-0.25, -0.2) is 9.97 Å². The number of hydrogen-bond acceptors (Lipinski definition) is 3. The molecule has 0 saturated carbocycles. The van der Waals surface area contributed by atoms with Crippen molar-refractivity contribution in [2.24, 2.45) is 0 Å². The summed E-state index contributed by atoms with van der Waals surface area (Å²) < 4.78 is 40.1. The second-order valence-corrected chi connectivity index (χ2v) is 5.35. The van der Waals surface area contributed by atoms with Gasteiger partial charge in [-0.05, 0) is 26.0 Å². The second-order valence-electron chi connectivity index (χ2n) is 5.35. The number of nitrogens with one attached hydrogen (secondary N) is 2. The van der Waals surface area contributed by atoms with Crippen LogP contribution in [-0.2, 0) is 12.7 Å². The molecule has 3 aromatic rings. The molecule has 1 amide bonds. The summed E-state index contributed by atoms with van der Waals surface area (Å²) in [6.45, 7) is 3.77. The smallest absolute Gasteiger partial charge is 0.346 e. The minimum Gasteiger partial charge on any atom is -0.346 e. The Balaban J connectivity index is 1.84. The van der Waals surface area contributed by atoms with Crippen molar-refractivity contribution in [3.63, 3.8) is 0 Å². The van der Waals surface area contributed by atoms with Gasteiger partial charge in [-0.1, -0.05) is 0 Å². The molecular formula is C15H14F3N5O. The Morgan fingerprint density at radius 1 is 1.33 bits per heavy atom. The molecule has 0 aliphatic rings. The van der Waals surface area contributed by atoms with Gasteiger partial charge in [-0.15, -0.1) is 0 Å². The molecule has 3 rings (SSSR count). The van der Waals surface area contributed by atoms with Crippen LogP contribution < -0.4 is 5.32 Å². The Labute approximate surface area is 134 Å². The normalized spacial score (nSPS) is 11.9. The highest BCUT2D eigenvalue weighted by Gasteiger charge is 2.34. The van der Waals surface area contributed by atoms with Crippen LogP contribution in [-0.4, -0.2) is 25.3 Å². The number of alkyl halides is 3. The van der Waals surface area contributed by atoms with Gasteiger partial charge in [0.25, 0.3) is 5.91 Å². The van der Waals surface area contributed by atoms with Gasteiger partial charge in [0.05, 0.1) is 17.8 Å². The minimum atomic E-state index is -4.54. The molecule has 9 heteroatoms. The number of carbonyl (C=O) groups is 1. The third kappa shape index (κ3) is 2.97. The summed E-state index contributed by atoms with van der Waals surface area (Å²) in [5, 5.41) is 2.61. The lowest BCUT2D eigenvalue weighted by molar-refractivity contribution is -0.136. The van der Waals surface area contributed by atoms with Crippen LogP contribution in [0.3, 0.4) is 0 Å². The summed E-state index contributed by atoms with van der Waals surface area (Å²) in [6, 6.07) is 2.19. The summed E-state index contributed by atoms with van der Waals surface area (Å²) in [6.07, 6.45) is -1.86. The molecule has 6 nitrogen and oxygen atoms in total. The summed E-state index contributed by atoms with van der Waals surface area (Å²) in [5.74, 6) is 0.158. The van der Waals surface area contributed by atoms with E-state index in [4.69, 9.17) is 0 Å². The summed E-state index contributed by atoms with van der Waals surface area (Å²) in [5.41, 5.74) is 0.212. The number of aromatic nitrogens is 4. The molecule has 0 aromatic carbocycles. The molecule has 0 aliphatic heterocycles. The van der Waals surface area contributed by atoms with Crippen LogP contribution in [0, 0.1) is 13.8 Å². The molecule has 0 radical (unpaired) electrons. The molecule has 24 heavy (non-hydrogen) atoms. The molecule has 3 heterocycles. The van der Waals surface area contributed by atoms with E-state index >= 15 is 0 Å². The lowest BCUT2D eigenvalue weighted by atomic mass is 10.2. The Morgan fingerprint density at radius 2 is 2.08 bits per heavy atom. The Hall–Kier alpha value is -2.84. The molecule has 0 spiro atoms. The maximum absolute atomic E-state index is 13.0. The number of amides is 1. The molecule has 3 aromatic heterocycles. The zero-order valence-electron chi connectivity index (χ0n) is 12.9. The predicted octanol–water partition coefficient (Wildman–Crippen LogP) is 2.62. The number of pyridine rings is 1. The highest BCUT2D eigenvalue weighted by Crippen LogP contribution is 2.31. The van der Waals surface area contributed by atoms with Crippen molar-refractivity contribution in [1.82, 2.24) is 24.7 Å². The van der Waals surface area contributed by atoms with Gasteiger partial charge in [0.1, 0.15) is 17.2 Å². The van der Waals surface area contributed by atoms with Crippen LogP contribution in [0.4, 0.5) is 13.2 Å². The second kappa shape index (κ2) is 5.66. The minimum absolute atomic E-state index is 0.0865. The summed E-state index contributed by atoms with van der Waals surface area (Å²) in [4.78, 5) is 23.2. The monoisotopic (exact) mass is 337 g/mol. The van der Waals surface area contributed by atoms with E-state index in [1.165, 1.54) is 22.9 Å². The fraction of sp³-hybridized carbons (Fsp3) is 0.267. The summed E-state index contributed by atoms with van der Waals surface area (Å²) in [7, 11) is 0. The Morgan fingerprint density at radius 3 is 2.71 bits per heavy atom. The fourth-order valence-corrected chi connectivity index (χ4v) is 2.43. The third-order valence-corrected chi connectivity index (χ3v) is 3.54. The lowest BCUT2D eigenvalue weighted by Crippen LogP contribution is -2.23. The van der Waals surface area contributed by atoms with E-state index in [0.717, 1.165) is 17.6 Å². The van der Waals surface area contributed by atoms with Crippen LogP contribution in [0.1, 0.15) is 33.3 Å². The number of aryl methyl sites for hydroxylation is 2. The number of carbonyl (C=O) groups excluding carboxylic acids is 1. The van der Waals surface area contributed by atoms with E-state index in [-0.39, 0.29) is 17.9 Å². The van der Waals surface area contributed by atoms with E-state index in [2.05, 4.69) is 20.3 Å². The van der Waals surface area contributed by atoms with E-state index in [1.807, 2.05) is 6.92 Å². The number of H-pyrrole nitrogens is 1. The van der Waals surface area contributed by atoms with Crippen molar-refractivity contribution < 1.29 is 18.0 Å². The summed E-state index contributed by atoms with van der Waals surface area (Å²) >= 11 is 0. The van der Waals surface area contributed by atoms with Gasteiger partial charge in [0.2, 0.25) is 0 Å². The molecule has 0 unspecified atom stereocenters. The molecular weight excluding hydrogens is 323 g/mol. The van der Waals surface area contributed by atoms with E-state index < -0.39 is 17.6 Å². The number of rotatable bonds is 3. The fourth-order valence-electron chi connectivity index (χ4n) is 2.43. The highest BCUT2D eigenvalue weighted by atomic mass is 19.4. The van der Waals surface area contributed by atoms with Gasteiger partial charge in [-0.3, -0.25) is 4.79 Å². The first-order valence-electron chi connectivity index (χ1n) is 7.11. The van der Waals surface area contributed by atoms with Crippen LogP contribution >= 0.6 is 0 Å². The van der Waals surface area contributed by atoms with Crippen molar-refractivity contribution in [3.05, 3.63) is 53.0 Å². The van der Waals surface area contributed by atoms with Crippen LogP contribution in [0.2, 0.25) is 0 Å².